The lowest BCUT2D eigenvalue weighted by atomic mass is 9.74. The summed E-state index contributed by atoms with van der Waals surface area (Å²) in [5, 5.41) is 0. The minimum absolute atomic E-state index is 0.990. The standard InChI is InChI=1S/C12H18/c1-3-9-7-8-10-4-2-6-12(10)11(9)5-1/h7-12H,1-6H2. The van der Waals surface area contributed by atoms with Gasteiger partial charge in [-0.15, -0.1) is 0 Å². The molecule has 0 aliphatic heterocycles. The Labute approximate surface area is 75.0 Å². The van der Waals surface area contributed by atoms with Gasteiger partial charge in [-0.05, 0) is 49.4 Å². The summed E-state index contributed by atoms with van der Waals surface area (Å²) >= 11 is 0. The van der Waals surface area contributed by atoms with Gasteiger partial charge in [0.1, 0.15) is 0 Å². The molecular weight excluding hydrogens is 144 g/mol. The van der Waals surface area contributed by atoms with Gasteiger partial charge in [0, 0.05) is 0 Å². The van der Waals surface area contributed by atoms with Crippen molar-refractivity contribution < 1.29 is 0 Å². The minimum Gasteiger partial charge on any atom is -0.0848 e. The summed E-state index contributed by atoms with van der Waals surface area (Å²) in [6, 6.07) is 0. The van der Waals surface area contributed by atoms with E-state index in [9.17, 15) is 0 Å². The SMILES string of the molecule is C1=CC2CCCC2C2CCCC12. The fourth-order valence-corrected chi connectivity index (χ4v) is 3.86. The highest BCUT2D eigenvalue weighted by molar-refractivity contribution is 5.08. The average Bonchev–Trinajstić information content (AvgIpc) is 2.71. The summed E-state index contributed by atoms with van der Waals surface area (Å²) in [4.78, 5) is 0. The maximum absolute atomic E-state index is 2.55. The van der Waals surface area contributed by atoms with Crippen molar-refractivity contribution in [2.75, 3.05) is 0 Å². The van der Waals surface area contributed by atoms with Crippen LogP contribution in [0.4, 0.5) is 0 Å². The summed E-state index contributed by atoms with van der Waals surface area (Å²) < 4.78 is 0. The van der Waals surface area contributed by atoms with Crippen LogP contribution in [-0.4, -0.2) is 0 Å². The maximum Gasteiger partial charge on any atom is -0.0202 e. The fraction of sp³-hybridized carbons (Fsp3) is 0.833. The third-order valence-electron chi connectivity index (χ3n) is 4.41. The van der Waals surface area contributed by atoms with E-state index < -0.39 is 0 Å². The Morgan fingerprint density at radius 3 is 1.67 bits per heavy atom. The van der Waals surface area contributed by atoms with E-state index in [1.807, 2.05) is 0 Å². The lowest BCUT2D eigenvalue weighted by Gasteiger charge is -2.31. The van der Waals surface area contributed by atoms with Gasteiger partial charge in [0.05, 0.1) is 0 Å². The Bertz CT molecular complexity index is 182. The molecule has 0 heteroatoms. The van der Waals surface area contributed by atoms with Gasteiger partial charge in [-0.1, -0.05) is 25.0 Å². The van der Waals surface area contributed by atoms with Crippen molar-refractivity contribution in [3.63, 3.8) is 0 Å². The second kappa shape index (κ2) is 2.61. The molecule has 0 nitrogen and oxygen atoms in total. The second-order valence-electron chi connectivity index (χ2n) is 4.90. The monoisotopic (exact) mass is 162 g/mol. The first kappa shape index (κ1) is 7.17. The van der Waals surface area contributed by atoms with Crippen molar-refractivity contribution in [1.82, 2.24) is 0 Å². The number of hydrogen-bond donors (Lipinski definition) is 0. The maximum atomic E-state index is 2.55. The van der Waals surface area contributed by atoms with Gasteiger partial charge >= 0.3 is 0 Å². The van der Waals surface area contributed by atoms with Crippen LogP contribution in [0.3, 0.4) is 0 Å². The Morgan fingerprint density at radius 2 is 1.17 bits per heavy atom. The normalized spacial score (nSPS) is 50.7. The van der Waals surface area contributed by atoms with Crippen LogP contribution in [0.15, 0.2) is 12.2 Å². The highest BCUT2D eigenvalue weighted by Gasteiger charge is 2.40. The third kappa shape index (κ3) is 0.901. The predicted molar refractivity (Wildman–Crippen MR) is 50.8 cm³/mol. The van der Waals surface area contributed by atoms with Crippen molar-refractivity contribution >= 4 is 0 Å². The molecule has 12 heavy (non-hydrogen) atoms. The lowest BCUT2D eigenvalue weighted by molar-refractivity contribution is 0.244. The minimum atomic E-state index is 0.990. The van der Waals surface area contributed by atoms with E-state index in [2.05, 4.69) is 12.2 Å². The molecule has 0 amide bonds. The van der Waals surface area contributed by atoms with Crippen LogP contribution in [0.2, 0.25) is 0 Å². The first-order valence-corrected chi connectivity index (χ1v) is 5.63. The average molecular weight is 162 g/mol. The molecule has 0 aromatic rings. The van der Waals surface area contributed by atoms with Crippen molar-refractivity contribution in [2.45, 2.75) is 38.5 Å². The predicted octanol–water partition coefficient (Wildman–Crippen LogP) is 3.39. The van der Waals surface area contributed by atoms with Crippen LogP contribution in [0.25, 0.3) is 0 Å². The molecule has 0 saturated heterocycles. The van der Waals surface area contributed by atoms with Gasteiger partial charge in [0.15, 0.2) is 0 Å². The third-order valence-corrected chi connectivity index (χ3v) is 4.41. The highest BCUT2D eigenvalue weighted by Crippen LogP contribution is 2.50. The van der Waals surface area contributed by atoms with Crippen molar-refractivity contribution in [2.24, 2.45) is 23.7 Å². The van der Waals surface area contributed by atoms with E-state index in [0.717, 1.165) is 23.7 Å². The number of allylic oxidation sites excluding steroid dienone is 2. The molecule has 2 saturated carbocycles. The molecule has 0 radical (unpaired) electrons. The zero-order valence-corrected chi connectivity index (χ0v) is 7.71. The molecule has 4 atom stereocenters. The van der Waals surface area contributed by atoms with Crippen molar-refractivity contribution in [3.8, 4) is 0 Å². The van der Waals surface area contributed by atoms with Gasteiger partial charge in [-0.25, -0.2) is 0 Å². The topological polar surface area (TPSA) is 0 Å². The van der Waals surface area contributed by atoms with E-state index in [-0.39, 0.29) is 0 Å². The molecule has 2 fully saturated rings. The van der Waals surface area contributed by atoms with Crippen LogP contribution in [0.1, 0.15) is 38.5 Å². The summed E-state index contributed by atoms with van der Waals surface area (Å²) in [6.07, 6.45) is 14.2. The van der Waals surface area contributed by atoms with Gasteiger partial charge in [0.2, 0.25) is 0 Å². The van der Waals surface area contributed by atoms with Crippen molar-refractivity contribution in [1.29, 1.82) is 0 Å². The van der Waals surface area contributed by atoms with E-state index >= 15 is 0 Å². The molecule has 3 rings (SSSR count). The molecule has 3 aliphatic carbocycles. The Morgan fingerprint density at radius 1 is 0.667 bits per heavy atom. The Balaban J connectivity index is 1.89. The number of hydrogen-bond acceptors (Lipinski definition) is 0. The summed E-state index contributed by atoms with van der Waals surface area (Å²) in [5.74, 6) is 4.18. The molecule has 0 aromatic carbocycles. The van der Waals surface area contributed by atoms with Gasteiger partial charge in [-0.3, -0.25) is 0 Å². The zero-order valence-electron chi connectivity index (χ0n) is 7.71. The first-order chi connectivity index (χ1) is 5.95. The smallest absolute Gasteiger partial charge is 0.0202 e. The summed E-state index contributed by atoms with van der Waals surface area (Å²) in [5.41, 5.74) is 0. The molecule has 4 unspecified atom stereocenters. The van der Waals surface area contributed by atoms with Crippen LogP contribution >= 0.6 is 0 Å². The summed E-state index contributed by atoms with van der Waals surface area (Å²) in [7, 11) is 0. The summed E-state index contributed by atoms with van der Waals surface area (Å²) in [6.45, 7) is 0. The van der Waals surface area contributed by atoms with Gasteiger partial charge in [0.25, 0.3) is 0 Å². The van der Waals surface area contributed by atoms with Gasteiger partial charge < -0.3 is 0 Å². The quantitative estimate of drug-likeness (QED) is 0.479. The first-order valence-electron chi connectivity index (χ1n) is 5.63. The van der Waals surface area contributed by atoms with Crippen LogP contribution in [0.5, 0.6) is 0 Å². The van der Waals surface area contributed by atoms with E-state index in [1.165, 1.54) is 38.5 Å². The lowest BCUT2D eigenvalue weighted by Crippen LogP contribution is -2.24. The van der Waals surface area contributed by atoms with E-state index in [0.29, 0.717) is 0 Å². The molecule has 0 aromatic heterocycles. The Kier molecular flexibility index (Phi) is 1.56. The van der Waals surface area contributed by atoms with Gasteiger partial charge in [-0.2, -0.15) is 0 Å². The van der Waals surface area contributed by atoms with Crippen molar-refractivity contribution in [3.05, 3.63) is 12.2 Å². The molecular formula is C12H18. The second-order valence-corrected chi connectivity index (χ2v) is 4.90. The number of rotatable bonds is 0. The molecule has 0 bridgehead atoms. The highest BCUT2D eigenvalue weighted by atomic mass is 14.4. The van der Waals surface area contributed by atoms with Crippen LogP contribution in [-0.2, 0) is 0 Å². The molecule has 0 heterocycles. The zero-order chi connectivity index (χ0) is 7.97. The molecule has 0 spiro atoms. The number of fused-ring (bicyclic) bond motifs is 3. The molecule has 3 aliphatic rings. The largest absolute Gasteiger partial charge is 0.0848 e. The fourth-order valence-electron chi connectivity index (χ4n) is 3.86. The van der Waals surface area contributed by atoms with Crippen LogP contribution in [0, 0.1) is 23.7 Å². The molecule has 66 valence electrons. The van der Waals surface area contributed by atoms with E-state index in [1.54, 1.807) is 0 Å². The van der Waals surface area contributed by atoms with E-state index in [4.69, 9.17) is 0 Å². The Hall–Kier alpha value is -0.260. The van der Waals surface area contributed by atoms with Crippen LogP contribution < -0.4 is 0 Å². The molecule has 0 N–H and O–H groups in total.